The SMILES string of the molecule is Cc1[nH]c(C=C2C(=O)N(C)c3ccc(F)cc32)c(C)c1C(=O)O. The normalized spacial score (nSPS) is 15.4. The van der Waals surface area contributed by atoms with Crippen LogP contribution in [0.15, 0.2) is 18.2 Å². The highest BCUT2D eigenvalue weighted by molar-refractivity contribution is 6.35. The van der Waals surface area contributed by atoms with Crippen LogP contribution in [0.5, 0.6) is 0 Å². The first kappa shape index (κ1) is 15.0. The fourth-order valence-corrected chi connectivity index (χ4v) is 2.94. The highest BCUT2D eigenvalue weighted by Crippen LogP contribution is 2.37. The number of hydrogen-bond acceptors (Lipinski definition) is 2. The molecule has 0 bridgehead atoms. The molecular weight excluding hydrogens is 299 g/mol. The molecule has 2 N–H and O–H groups in total. The van der Waals surface area contributed by atoms with Crippen molar-refractivity contribution in [3.05, 3.63) is 52.1 Å². The van der Waals surface area contributed by atoms with E-state index in [0.717, 1.165) is 0 Å². The molecule has 2 heterocycles. The minimum absolute atomic E-state index is 0.190. The summed E-state index contributed by atoms with van der Waals surface area (Å²) in [5.74, 6) is -1.71. The van der Waals surface area contributed by atoms with Crippen molar-refractivity contribution in [1.29, 1.82) is 0 Å². The molecule has 23 heavy (non-hydrogen) atoms. The Bertz CT molecular complexity index is 880. The molecule has 1 amide bonds. The third-order valence-corrected chi connectivity index (χ3v) is 4.12. The molecule has 1 aliphatic heterocycles. The third-order valence-electron chi connectivity index (χ3n) is 4.12. The van der Waals surface area contributed by atoms with Gasteiger partial charge in [-0.05, 0) is 43.7 Å². The summed E-state index contributed by atoms with van der Waals surface area (Å²) in [5, 5.41) is 9.24. The molecule has 0 saturated heterocycles. The summed E-state index contributed by atoms with van der Waals surface area (Å²) in [6.45, 7) is 3.34. The van der Waals surface area contributed by atoms with Crippen LogP contribution >= 0.6 is 0 Å². The number of halogens is 1. The Labute approximate surface area is 132 Å². The van der Waals surface area contributed by atoms with Crippen molar-refractivity contribution in [1.82, 2.24) is 4.98 Å². The van der Waals surface area contributed by atoms with Gasteiger partial charge < -0.3 is 15.0 Å². The van der Waals surface area contributed by atoms with Crippen LogP contribution in [-0.4, -0.2) is 29.0 Å². The lowest BCUT2D eigenvalue weighted by molar-refractivity contribution is -0.112. The monoisotopic (exact) mass is 314 g/mol. The maximum Gasteiger partial charge on any atom is 0.337 e. The first-order valence-electron chi connectivity index (χ1n) is 7.03. The predicted molar refractivity (Wildman–Crippen MR) is 84.9 cm³/mol. The van der Waals surface area contributed by atoms with Gasteiger partial charge in [0.05, 0.1) is 16.8 Å². The number of carboxylic acids is 1. The average Bonchev–Trinajstić information content (AvgIpc) is 2.88. The zero-order valence-electron chi connectivity index (χ0n) is 12.9. The Hall–Kier alpha value is -2.89. The molecule has 0 spiro atoms. The number of carboxylic acid groups (broad SMARTS) is 1. The molecule has 1 aromatic heterocycles. The number of aromatic nitrogens is 1. The molecule has 0 saturated carbocycles. The van der Waals surface area contributed by atoms with Gasteiger partial charge in [-0.1, -0.05) is 0 Å². The number of carbonyl (C=O) groups excluding carboxylic acids is 1. The predicted octanol–water partition coefficient (Wildman–Crippen LogP) is 2.99. The van der Waals surface area contributed by atoms with E-state index in [9.17, 15) is 19.1 Å². The van der Waals surface area contributed by atoms with Crippen molar-refractivity contribution in [3.8, 4) is 0 Å². The maximum atomic E-state index is 13.5. The van der Waals surface area contributed by atoms with Crippen LogP contribution in [0.2, 0.25) is 0 Å². The van der Waals surface area contributed by atoms with Crippen molar-refractivity contribution < 1.29 is 19.1 Å². The number of benzene rings is 1. The molecule has 0 atom stereocenters. The van der Waals surface area contributed by atoms with Crippen LogP contribution in [0.4, 0.5) is 10.1 Å². The number of rotatable bonds is 2. The minimum Gasteiger partial charge on any atom is -0.478 e. The Morgan fingerprint density at radius 3 is 2.65 bits per heavy atom. The summed E-state index contributed by atoms with van der Waals surface area (Å²) < 4.78 is 13.5. The number of anilines is 1. The summed E-state index contributed by atoms with van der Waals surface area (Å²) in [4.78, 5) is 28.1. The van der Waals surface area contributed by atoms with E-state index in [1.165, 1.54) is 17.0 Å². The summed E-state index contributed by atoms with van der Waals surface area (Å²) in [6, 6.07) is 4.17. The maximum absolute atomic E-state index is 13.5. The molecule has 5 nitrogen and oxygen atoms in total. The van der Waals surface area contributed by atoms with Crippen LogP contribution in [0.25, 0.3) is 11.6 Å². The van der Waals surface area contributed by atoms with Crippen molar-refractivity contribution in [2.45, 2.75) is 13.8 Å². The van der Waals surface area contributed by atoms with Crippen LogP contribution in [0, 0.1) is 19.7 Å². The smallest absolute Gasteiger partial charge is 0.337 e. The largest absolute Gasteiger partial charge is 0.478 e. The van der Waals surface area contributed by atoms with Gasteiger partial charge in [0.1, 0.15) is 5.82 Å². The molecule has 3 rings (SSSR count). The third kappa shape index (κ3) is 2.23. The highest BCUT2D eigenvalue weighted by Gasteiger charge is 2.30. The lowest BCUT2D eigenvalue weighted by Gasteiger charge is -2.08. The van der Waals surface area contributed by atoms with E-state index in [0.29, 0.717) is 33.8 Å². The number of amides is 1. The van der Waals surface area contributed by atoms with E-state index in [-0.39, 0.29) is 11.5 Å². The molecule has 0 radical (unpaired) electrons. The molecule has 6 heteroatoms. The van der Waals surface area contributed by atoms with Crippen molar-refractivity contribution in [2.75, 3.05) is 11.9 Å². The number of nitrogens with one attached hydrogen (secondary N) is 1. The standard InChI is InChI=1S/C17H15FN2O3/c1-8-13(19-9(2)15(8)17(22)23)7-12-11-6-10(18)4-5-14(11)20(3)16(12)21/h4-7,19H,1-3H3,(H,22,23). The Morgan fingerprint density at radius 1 is 1.35 bits per heavy atom. The number of fused-ring (bicyclic) bond motifs is 1. The zero-order valence-corrected chi connectivity index (χ0v) is 12.9. The zero-order chi connectivity index (χ0) is 16.9. The Morgan fingerprint density at radius 2 is 2.04 bits per heavy atom. The fourth-order valence-electron chi connectivity index (χ4n) is 2.94. The van der Waals surface area contributed by atoms with Crippen LogP contribution in [-0.2, 0) is 4.79 Å². The van der Waals surface area contributed by atoms with E-state index >= 15 is 0 Å². The average molecular weight is 314 g/mol. The van der Waals surface area contributed by atoms with E-state index in [1.54, 1.807) is 33.0 Å². The minimum atomic E-state index is -1.03. The molecule has 1 aliphatic rings. The first-order chi connectivity index (χ1) is 10.8. The molecule has 1 aromatic carbocycles. The van der Waals surface area contributed by atoms with Gasteiger partial charge in [-0.2, -0.15) is 0 Å². The van der Waals surface area contributed by atoms with Gasteiger partial charge in [-0.25, -0.2) is 9.18 Å². The number of aromatic amines is 1. The first-order valence-corrected chi connectivity index (χ1v) is 7.03. The summed E-state index contributed by atoms with van der Waals surface area (Å²) in [5.41, 5.74) is 3.25. The van der Waals surface area contributed by atoms with Gasteiger partial charge in [0.2, 0.25) is 0 Å². The van der Waals surface area contributed by atoms with E-state index in [4.69, 9.17) is 0 Å². The summed E-state index contributed by atoms with van der Waals surface area (Å²) in [7, 11) is 1.62. The number of likely N-dealkylation sites (N-methyl/N-ethyl adjacent to an activating group) is 1. The number of carbonyl (C=O) groups is 2. The van der Waals surface area contributed by atoms with Crippen LogP contribution in [0.1, 0.15) is 32.9 Å². The van der Waals surface area contributed by atoms with E-state index in [2.05, 4.69) is 4.98 Å². The van der Waals surface area contributed by atoms with Crippen molar-refractivity contribution >= 4 is 29.2 Å². The van der Waals surface area contributed by atoms with Crippen molar-refractivity contribution in [2.24, 2.45) is 0 Å². The number of hydrogen-bond donors (Lipinski definition) is 2. The summed E-state index contributed by atoms with van der Waals surface area (Å²) >= 11 is 0. The van der Waals surface area contributed by atoms with Crippen LogP contribution < -0.4 is 4.90 Å². The molecule has 0 unspecified atom stereocenters. The lowest BCUT2D eigenvalue weighted by atomic mass is 10.0. The van der Waals surface area contributed by atoms with Gasteiger partial charge in [0.25, 0.3) is 5.91 Å². The van der Waals surface area contributed by atoms with Gasteiger partial charge in [0, 0.05) is 24.0 Å². The lowest BCUT2D eigenvalue weighted by Crippen LogP contribution is -2.20. The fraction of sp³-hybridized carbons (Fsp3) is 0.176. The number of aryl methyl sites for hydroxylation is 1. The van der Waals surface area contributed by atoms with E-state index in [1.807, 2.05) is 0 Å². The number of nitrogens with zero attached hydrogens (tertiary/aromatic N) is 1. The number of aromatic carboxylic acids is 1. The second kappa shape index (κ2) is 5.08. The molecule has 0 fully saturated rings. The molecule has 2 aromatic rings. The van der Waals surface area contributed by atoms with Gasteiger partial charge >= 0.3 is 5.97 Å². The summed E-state index contributed by atoms with van der Waals surface area (Å²) in [6.07, 6.45) is 1.58. The van der Waals surface area contributed by atoms with Gasteiger partial charge in [0.15, 0.2) is 0 Å². The van der Waals surface area contributed by atoms with Crippen molar-refractivity contribution in [3.63, 3.8) is 0 Å². The van der Waals surface area contributed by atoms with Crippen LogP contribution in [0.3, 0.4) is 0 Å². The Kier molecular flexibility index (Phi) is 3.32. The van der Waals surface area contributed by atoms with Gasteiger partial charge in [-0.15, -0.1) is 0 Å². The van der Waals surface area contributed by atoms with E-state index < -0.39 is 11.8 Å². The quantitative estimate of drug-likeness (QED) is 0.837. The topological polar surface area (TPSA) is 73.4 Å². The Balaban J connectivity index is 2.18. The second-order valence-corrected chi connectivity index (χ2v) is 5.55. The molecule has 0 aliphatic carbocycles. The van der Waals surface area contributed by atoms with Gasteiger partial charge in [-0.3, -0.25) is 4.79 Å². The molecular formula is C17H15FN2O3. The molecule has 118 valence electrons. The number of H-pyrrole nitrogens is 1. The highest BCUT2D eigenvalue weighted by atomic mass is 19.1. The second-order valence-electron chi connectivity index (χ2n) is 5.55.